The van der Waals surface area contributed by atoms with E-state index >= 15 is 0 Å². The van der Waals surface area contributed by atoms with Crippen molar-refractivity contribution in [3.8, 4) is 0 Å². The lowest BCUT2D eigenvalue weighted by molar-refractivity contribution is -0.125. The molecule has 39 heavy (non-hydrogen) atoms. The van der Waals surface area contributed by atoms with Crippen molar-refractivity contribution in [1.29, 1.82) is 0 Å². The number of benzene rings is 2. The molecule has 0 spiro atoms. The molecule has 2 aromatic carbocycles. The first-order valence-electron chi connectivity index (χ1n) is 13.5. The van der Waals surface area contributed by atoms with Crippen LogP contribution in [0.5, 0.6) is 0 Å². The molecular weight excluding hydrogens is 490 g/mol. The van der Waals surface area contributed by atoms with Gasteiger partial charge in [0.15, 0.2) is 0 Å². The Morgan fingerprint density at radius 3 is 2.41 bits per heavy atom. The molecule has 5 rings (SSSR count). The maximum atomic E-state index is 13.6. The van der Waals surface area contributed by atoms with Crippen LogP contribution in [0.4, 0.5) is 0 Å². The number of nitrogens with zero attached hydrogens (tertiary/aromatic N) is 2. The molecule has 204 valence electrons. The number of fused-ring (bicyclic) bond motifs is 2. The summed E-state index contributed by atoms with van der Waals surface area (Å²) in [6, 6.07) is 18.5. The molecule has 2 aromatic heterocycles. The normalized spacial score (nSPS) is 18.4. The van der Waals surface area contributed by atoms with Gasteiger partial charge in [-0.1, -0.05) is 64.1 Å². The van der Waals surface area contributed by atoms with Crippen molar-refractivity contribution < 1.29 is 14.4 Å². The highest BCUT2D eigenvalue weighted by molar-refractivity contribution is 6.01. The Bertz CT molecular complexity index is 1510. The second-order valence-corrected chi connectivity index (χ2v) is 11.9. The SMILES string of the molecule is C[C@H]1C[C@@H](CNC(=O)[C@@H](NC(=O)c2cc3ccccc3[nH]2)C(C)(C)C)N(C(=O)c2cc3ccccc3n2C)C1. The van der Waals surface area contributed by atoms with Gasteiger partial charge in [-0.25, -0.2) is 0 Å². The van der Waals surface area contributed by atoms with Gasteiger partial charge in [-0.3, -0.25) is 14.4 Å². The van der Waals surface area contributed by atoms with Crippen LogP contribution in [0.25, 0.3) is 21.8 Å². The molecule has 8 nitrogen and oxygen atoms in total. The predicted molar refractivity (Wildman–Crippen MR) is 154 cm³/mol. The molecule has 0 saturated carbocycles. The summed E-state index contributed by atoms with van der Waals surface area (Å²) in [4.78, 5) is 45.2. The number of amides is 3. The molecule has 4 aromatic rings. The summed E-state index contributed by atoms with van der Waals surface area (Å²) >= 11 is 0. The predicted octanol–water partition coefficient (Wildman–Crippen LogP) is 4.47. The number of hydrogen-bond donors (Lipinski definition) is 3. The summed E-state index contributed by atoms with van der Waals surface area (Å²) in [6.45, 7) is 8.87. The van der Waals surface area contributed by atoms with Crippen LogP contribution in [-0.4, -0.2) is 57.3 Å². The van der Waals surface area contributed by atoms with Gasteiger partial charge in [-0.05, 0) is 42.0 Å². The van der Waals surface area contributed by atoms with Crippen LogP contribution in [0.15, 0.2) is 60.7 Å². The minimum absolute atomic E-state index is 0.0308. The number of likely N-dealkylation sites (tertiary alicyclic amines) is 1. The quantitative estimate of drug-likeness (QED) is 0.345. The smallest absolute Gasteiger partial charge is 0.270 e. The lowest BCUT2D eigenvalue weighted by Gasteiger charge is -2.31. The first-order valence-corrected chi connectivity index (χ1v) is 13.5. The third kappa shape index (κ3) is 5.28. The average Bonchev–Trinajstić information content (AvgIpc) is 3.59. The Balaban J connectivity index is 1.28. The number of nitrogens with one attached hydrogen (secondary N) is 3. The Morgan fingerprint density at radius 2 is 1.72 bits per heavy atom. The van der Waals surface area contributed by atoms with Crippen LogP contribution >= 0.6 is 0 Å². The Hall–Kier alpha value is -4.07. The summed E-state index contributed by atoms with van der Waals surface area (Å²) in [5, 5.41) is 7.95. The van der Waals surface area contributed by atoms with E-state index < -0.39 is 11.5 Å². The van der Waals surface area contributed by atoms with E-state index in [-0.39, 0.29) is 23.8 Å². The van der Waals surface area contributed by atoms with Crippen molar-refractivity contribution >= 4 is 39.5 Å². The van der Waals surface area contributed by atoms with E-state index in [1.54, 1.807) is 6.07 Å². The van der Waals surface area contributed by atoms with Gasteiger partial charge in [0.2, 0.25) is 5.91 Å². The van der Waals surface area contributed by atoms with Gasteiger partial charge < -0.3 is 25.1 Å². The van der Waals surface area contributed by atoms with Crippen molar-refractivity contribution in [2.75, 3.05) is 13.1 Å². The average molecular weight is 528 g/mol. The van der Waals surface area contributed by atoms with Gasteiger partial charge in [0, 0.05) is 48.0 Å². The standard InChI is InChI=1S/C31H37N5O3/c1-19-14-22(36(18-19)30(39)26-16-21-11-7-9-13-25(21)35(26)5)17-32-29(38)27(31(2,3)4)34-28(37)24-15-20-10-6-8-12-23(20)33-24/h6-13,15-16,19,22,27,33H,14,17-18H2,1-5H3,(H,32,38)(H,34,37)/t19-,22-,27+/m0/s1. The Labute approximate surface area is 228 Å². The van der Waals surface area contributed by atoms with Gasteiger partial charge in [0.25, 0.3) is 11.8 Å². The van der Waals surface area contributed by atoms with Gasteiger partial charge in [0.1, 0.15) is 17.4 Å². The number of H-pyrrole nitrogens is 1. The van der Waals surface area contributed by atoms with Crippen molar-refractivity contribution in [2.24, 2.45) is 18.4 Å². The zero-order valence-electron chi connectivity index (χ0n) is 23.2. The van der Waals surface area contributed by atoms with E-state index in [1.165, 1.54) is 0 Å². The number of carbonyl (C=O) groups excluding carboxylic acids is 3. The molecule has 1 saturated heterocycles. The van der Waals surface area contributed by atoms with Crippen LogP contribution in [0.3, 0.4) is 0 Å². The summed E-state index contributed by atoms with van der Waals surface area (Å²) in [7, 11) is 1.91. The van der Waals surface area contributed by atoms with E-state index in [1.807, 2.05) is 91.9 Å². The zero-order chi connectivity index (χ0) is 27.9. The van der Waals surface area contributed by atoms with Gasteiger partial charge >= 0.3 is 0 Å². The molecule has 3 heterocycles. The highest BCUT2D eigenvalue weighted by Gasteiger charge is 2.37. The number of para-hydroxylation sites is 2. The van der Waals surface area contributed by atoms with E-state index in [0.717, 1.165) is 28.2 Å². The van der Waals surface area contributed by atoms with E-state index in [2.05, 4.69) is 22.5 Å². The number of aryl methyl sites for hydroxylation is 1. The minimum Gasteiger partial charge on any atom is -0.352 e. The highest BCUT2D eigenvalue weighted by atomic mass is 16.2. The molecule has 3 N–H and O–H groups in total. The van der Waals surface area contributed by atoms with E-state index in [9.17, 15) is 14.4 Å². The summed E-state index contributed by atoms with van der Waals surface area (Å²) in [6.07, 6.45) is 0.803. The molecule has 1 fully saturated rings. The number of aromatic amines is 1. The second kappa shape index (κ2) is 10.2. The molecule has 0 radical (unpaired) electrons. The van der Waals surface area contributed by atoms with Crippen LogP contribution in [0.2, 0.25) is 0 Å². The maximum absolute atomic E-state index is 13.6. The third-order valence-electron chi connectivity index (χ3n) is 7.75. The van der Waals surface area contributed by atoms with E-state index in [0.29, 0.717) is 30.4 Å². The number of carbonyl (C=O) groups is 3. The molecule has 8 heteroatoms. The highest BCUT2D eigenvalue weighted by Crippen LogP contribution is 2.27. The number of aromatic nitrogens is 2. The van der Waals surface area contributed by atoms with Crippen molar-refractivity contribution in [2.45, 2.75) is 46.2 Å². The lowest BCUT2D eigenvalue weighted by atomic mass is 9.86. The van der Waals surface area contributed by atoms with Crippen LogP contribution in [0.1, 0.15) is 55.1 Å². The zero-order valence-corrected chi connectivity index (χ0v) is 23.2. The maximum Gasteiger partial charge on any atom is 0.270 e. The topological polar surface area (TPSA) is 99.2 Å². The first-order chi connectivity index (χ1) is 18.5. The van der Waals surface area contributed by atoms with Gasteiger partial charge in [-0.15, -0.1) is 0 Å². The van der Waals surface area contributed by atoms with Crippen LogP contribution < -0.4 is 10.6 Å². The lowest BCUT2D eigenvalue weighted by Crippen LogP contribution is -2.55. The monoisotopic (exact) mass is 527 g/mol. The van der Waals surface area contributed by atoms with Crippen LogP contribution in [-0.2, 0) is 11.8 Å². The minimum atomic E-state index is -0.752. The number of rotatable bonds is 6. The molecule has 0 aliphatic carbocycles. The van der Waals surface area contributed by atoms with Crippen molar-refractivity contribution in [3.63, 3.8) is 0 Å². The fraction of sp³-hybridized carbons (Fsp3) is 0.387. The fourth-order valence-corrected chi connectivity index (χ4v) is 5.63. The largest absolute Gasteiger partial charge is 0.352 e. The molecule has 1 aliphatic heterocycles. The second-order valence-electron chi connectivity index (χ2n) is 11.9. The van der Waals surface area contributed by atoms with Crippen molar-refractivity contribution in [3.05, 3.63) is 72.1 Å². The number of hydrogen-bond acceptors (Lipinski definition) is 3. The third-order valence-corrected chi connectivity index (χ3v) is 7.75. The Kier molecular flexibility index (Phi) is 6.97. The first kappa shape index (κ1) is 26.5. The van der Waals surface area contributed by atoms with Crippen LogP contribution in [0, 0.1) is 11.3 Å². The Morgan fingerprint density at radius 1 is 1.03 bits per heavy atom. The molecule has 0 bridgehead atoms. The summed E-state index contributed by atoms with van der Waals surface area (Å²) in [5.74, 6) is -0.297. The fourth-order valence-electron chi connectivity index (χ4n) is 5.63. The van der Waals surface area contributed by atoms with Gasteiger partial charge in [0.05, 0.1) is 0 Å². The summed E-state index contributed by atoms with van der Waals surface area (Å²) in [5.41, 5.74) is 2.41. The van der Waals surface area contributed by atoms with Gasteiger partial charge in [-0.2, -0.15) is 0 Å². The molecule has 3 amide bonds. The molecule has 1 aliphatic rings. The van der Waals surface area contributed by atoms with E-state index in [4.69, 9.17) is 0 Å². The summed E-state index contributed by atoms with van der Waals surface area (Å²) < 4.78 is 1.94. The molecule has 3 atom stereocenters. The van der Waals surface area contributed by atoms with Crippen molar-refractivity contribution in [1.82, 2.24) is 25.1 Å². The molecular formula is C31H37N5O3. The molecule has 0 unspecified atom stereocenters.